The summed E-state index contributed by atoms with van der Waals surface area (Å²) in [6, 6.07) is 19.2. The first kappa shape index (κ1) is 10.1. The number of benzene rings is 2. The molecule has 0 N–H and O–H groups in total. The van der Waals surface area contributed by atoms with Crippen molar-refractivity contribution < 1.29 is 0 Å². The fourth-order valence-electron chi connectivity index (χ4n) is 1.31. The zero-order chi connectivity index (χ0) is 11.2. The van der Waals surface area contributed by atoms with E-state index < -0.39 is 0 Å². The molecule has 0 saturated carbocycles. The van der Waals surface area contributed by atoms with Gasteiger partial charge in [-0.2, -0.15) is 5.26 Å². The third-order valence-electron chi connectivity index (χ3n) is 2.16. The largest absolute Gasteiger partial charge is 0.256 e. The first-order chi connectivity index (χ1) is 7.88. The standard InChI is InChI=1S/C14H10N2/c15-10-12-6-8-13(9-7-12)11-16-14-4-2-1-3-5-14/h1-9,11H. The predicted octanol–water partition coefficient (Wildman–Crippen LogP) is 3.31. The van der Waals surface area contributed by atoms with Crippen molar-refractivity contribution in [2.24, 2.45) is 4.99 Å². The molecule has 0 fully saturated rings. The maximum atomic E-state index is 8.65. The molecular weight excluding hydrogens is 196 g/mol. The van der Waals surface area contributed by atoms with Crippen molar-refractivity contribution in [2.75, 3.05) is 0 Å². The van der Waals surface area contributed by atoms with Gasteiger partial charge in [0.15, 0.2) is 0 Å². The molecule has 0 aliphatic carbocycles. The molecule has 0 aliphatic heterocycles. The average Bonchev–Trinajstić information content (AvgIpc) is 2.38. The molecule has 16 heavy (non-hydrogen) atoms. The Morgan fingerprint density at radius 3 is 2.25 bits per heavy atom. The number of aliphatic imine (C=N–C) groups is 1. The smallest absolute Gasteiger partial charge is 0.0991 e. The Hall–Kier alpha value is -2.40. The van der Waals surface area contributed by atoms with Crippen LogP contribution in [0, 0.1) is 11.3 Å². The lowest BCUT2D eigenvalue weighted by atomic mass is 10.2. The molecule has 0 aromatic heterocycles. The molecule has 0 saturated heterocycles. The van der Waals surface area contributed by atoms with Gasteiger partial charge in [0.2, 0.25) is 0 Å². The van der Waals surface area contributed by atoms with Gasteiger partial charge in [-0.15, -0.1) is 0 Å². The lowest BCUT2D eigenvalue weighted by molar-refractivity contribution is 1.48. The number of nitriles is 1. The Morgan fingerprint density at radius 1 is 0.938 bits per heavy atom. The molecule has 0 radical (unpaired) electrons. The Morgan fingerprint density at radius 2 is 1.62 bits per heavy atom. The Balaban J connectivity index is 2.15. The van der Waals surface area contributed by atoms with Crippen LogP contribution in [0.25, 0.3) is 0 Å². The Labute approximate surface area is 94.5 Å². The highest BCUT2D eigenvalue weighted by Gasteiger charge is 1.90. The number of hydrogen-bond donors (Lipinski definition) is 0. The SMILES string of the molecule is N#Cc1ccc(C=Nc2ccccc2)cc1. The quantitative estimate of drug-likeness (QED) is 0.694. The van der Waals surface area contributed by atoms with Gasteiger partial charge in [-0.05, 0) is 29.8 Å². The summed E-state index contributed by atoms with van der Waals surface area (Å²) in [4.78, 5) is 4.32. The molecule has 2 heteroatoms. The monoisotopic (exact) mass is 206 g/mol. The zero-order valence-electron chi connectivity index (χ0n) is 8.67. The van der Waals surface area contributed by atoms with Gasteiger partial charge >= 0.3 is 0 Å². The summed E-state index contributed by atoms with van der Waals surface area (Å²) in [5.74, 6) is 0. The van der Waals surface area contributed by atoms with Crippen LogP contribution in [0.1, 0.15) is 11.1 Å². The van der Waals surface area contributed by atoms with E-state index in [1.807, 2.05) is 42.5 Å². The number of para-hydroxylation sites is 1. The van der Waals surface area contributed by atoms with E-state index in [4.69, 9.17) is 5.26 Å². The highest BCUT2D eigenvalue weighted by atomic mass is 14.7. The second-order valence-electron chi connectivity index (χ2n) is 3.33. The van der Waals surface area contributed by atoms with Crippen LogP contribution in [-0.4, -0.2) is 6.21 Å². The maximum Gasteiger partial charge on any atom is 0.0991 e. The number of hydrogen-bond acceptors (Lipinski definition) is 2. The fraction of sp³-hybridized carbons (Fsp3) is 0. The Bertz CT molecular complexity index is 519. The van der Waals surface area contributed by atoms with Gasteiger partial charge in [-0.1, -0.05) is 30.3 Å². The van der Waals surface area contributed by atoms with Crippen LogP contribution in [0.5, 0.6) is 0 Å². The number of nitrogens with zero attached hydrogens (tertiary/aromatic N) is 2. The van der Waals surface area contributed by atoms with E-state index in [2.05, 4.69) is 11.1 Å². The summed E-state index contributed by atoms with van der Waals surface area (Å²) < 4.78 is 0. The van der Waals surface area contributed by atoms with Gasteiger partial charge in [-0.3, -0.25) is 4.99 Å². The molecule has 76 valence electrons. The van der Waals surface area contributed by atoms with Gasteiger partial charge in [0, 0.05) is 6.21 Å². The minimum atomic E-state index is 0.664. The summed E-state index contributed by atoms with van der Waals surface area (Å²) in [6.07, 6.45) is 1.79. The van der Waals surface area contributed by atoms with Crippen LogP contribution in [0.2, 0.25) is 0 Å². The van der Waals surface area contributed by atoms with Gasteiger partial charge in [0.25, 0.3) is 0 Å². The van der Waals surface area contributed by atoms with E-state index in [1.165, 1.54) is 0 Å². The molecular formula is C14H10N2. The summed E-state index contributed by atoms with van der Waals surface area (Å²) in [5, 5.41) is 8.65. The highest BCUT2D eigenvalue weighted by Crippen LogP contribution is 2.10. The molecule has 0 aliphatic rings. The van der Waals surface area contributed by atoms with Crippen molar-refractivity contribution in [2.45, 2.75) is 0 Å². The topological polar surface area (TPSA) is 36.1 Å². The molecule has 0 amide bonds. The molecule has 0 atom stereocenters. The van der Waals surface area contributed by atoms with Gasteiger partial charge in [0.1, 0.15) is 0 Å². The van der Waals surface area contributed by atoms with Crippen LogP contribution in [0.15, 0.2) is 59.6 Å². The van der Waals surface area contributed by atoms with Crippen molar-refractivity contribution >= 4 is 11.9 Å². The van der Waals surface area contributed by atoms with E-state index in [-0.39, 0.29) is 0 Å². The normalized spacial score (nSPS) is 10.2. The molecule has 0 bridgehead atoms. The molecule has 0 spiro atoms. The maximum absolute atomic E-state index is 8.65. The second-order valence-corrected chi connectivity index (χ2v) is 3.33. The van der Waals surface area contributed by atoms with Gasteiger partial charge < -0.3 is 0 Å². The van der Waals surface area contributed by atoms with E-state index in [9.17, 15) is 0 Å². The molecule has 2 aromatic carbocycles. The van der Waals surface area contributed by atoms with Crippen molar-refractivity contribution in [3.8, 4) is 6.07 Å². The third kappa shape index (κ3) is 2.55. The van der Waals surface area contributed by atoms with E-state index in [0.29, 0.717) is 5.56 Å². The van der Waals surface area contributed by atoms with Crippen molar-refractivity contribution in [3.63, 3.8) is 0 Å². The minimum absolute atomic E-state index is 0.664. The summed E-state index contributed by atoms with van der Waals surface area (Å²) in [6.45, 7) is 0. The van der Waals surface area contributed by atoms with Crippen molar-refractivity contribution in [1.82, 2.24) is 0 Å². The number of rotatable bonds is 2. The summed E-state index contributed by atoms with van der Waals surface area (Å²) in [7, 11) is 0. The molecule has 0 heterocycles. The molecule has 2 nitrogen and oxygen atoms in total. The lowest BCUT2D eigenvalue weighted by Gasteiger charge is -1.93. The van der Waals surface area contributed by atoms with E-state index in [0.717, 1.165) is 11.3 Å². The molecule has 2 rings (SSSR count). The van der Waals surface area contributed by atoms with Gasteiger partial charge in [-0.25, -0.2) is 0 Å². The van der Waals surface area contributed by atoms with Gasteiger partial charge in [0.05, 0.1) is 17.3 Å². The van der Waals surface area contributed by atoms with Crippen molar-refractivity contribution in [1.29, 1.82) is 5.26 Å². The zero-order valence-corrected chi connectivity index (χ0v) is 8.67. The molecule has 2 aromatic rings. The molecule has 0 unspecified atom stereocenters. The van der Waals surface area contributed by atoms with Crippen LogP contribution < -0.4 is 0 Å². The van der Waals surface area contributed by atoms with E-state index >= 15 is 0 Å². The van der Waals surface area contributed by atoms with E-state index in [1.54, 1.807) is 18.3 Å². The minimum Gasteiger partial charge on any atom is -0.256 e. The van der Waals surface area contributed by atoms with Crippen LogP contribution in [-0.2, 0) is 0 Å². The first-order valence-corrected chi connectivity index (χ1v) is 4.98. The van der Waals surface area contributed by atoms with Crippen LogP contribution >= 0.6 is 0 Å². The first-order valence-electron chi connectivity index (χ1n) is 4.98. The summed E-state index contributed by atoms with van der Waals surface area (Å²) >= 11 is 0. The predicted molar refractivity (Wildman–Crippen MR) is 64.9 cm³/mol. The van der Waals surface area contributed by atoms with Crippen LogP contribution in [0.3, 0.4) is 0 Å². The average molecular weight is 206 g/mol. The third-order valence-corrected chi connectivity index (χ3v) is 2.16. The van der Waals surface area contributed by atoms with Crippen molar-refractivity contribution in [3.05, 3.63) is 65.7 Å². The Kier molecular flexibility index (Phi) is 3.10. The summed E-state index contributed by atoms with van der Waals surface area (Å²) in [5.41, 5.74) is 2.58. The fourth-order valence-corrected chi connectivity index (χ4v) is 1.31. The second kappa shape index (κ2) is 4.90. The highest BCUT2D eigenvalue weighted by molar-refractivity contribution is 5.82. The lowest BCUT2D eigenvalue weighted by Crippen LogP contribution is -1.80. The van der Waals surface area contributed by atoms with Crippen LogP contribution in [0.4, 0.5) is 5.69 Å².